The van der Waals surface area contributed by atoms with Crippen molar-refractivity contribution in [2.75, 3.05) is 18.6 Å². The number of carbonyl (C=O) groups excluding carboxylic acids is 1. The SMILES string of the molecule is CSCC(C)C(=O)N1CCCCCC1CC(C)Cl. The summed E-state index contributed by atoms with van der Waals surface area (Å²) in [5, 5.41) is 0.152. The topological polar surface area (TPSA) is 20.3 Å². The molecule has 0 N–H and O–H groups in total. The number of halogens is 1. The number of thioether (sulfide) groups is 1. The van der Waals surface area contributed by atoms with Crippen LogP contribution in [0.3, 0.4) is 0 Å². The van der Waals surface area contributed by atoms with Crippen LogP contribution < -0.4 is 0 Å². The zero-order valence-corrected chi connectivity index (χ0v) is 13.4. The molecule has 3 atom stereocenters. The van der Waals surface area contributed by atoms with E-state index in [2.05, 4.69) is 11.2 Å². The zero-order chi connectivity index (χ0) is 13.5. The summed E-state index contributed by atoms with van der Waals surface area (Å²) in [5.74, 6) is 1.37. The quantitative estimate of drug-likeness (QED) is 0.719. The number of alkyl halides is 1. The largest absolute Gasteiger partial charge is 0.339 e. The summed E-state index contributed by atoms with van der Waals surface area (Å²) >= 11 is 7.88. The minimum atomic E-state index is 0.131. The first-order chi connectivity index (χ1) is 8.56. The van der Waals surface area contributed by atoms with Gasteiger partial charge in [0, 0.05) is 29.6 Å². The lowest BCUT2D eigenvalue weighted by Crippen LogP contribution is -2.44. The maximum absolute atomic E-state index is 12.5. The van der Waals surface area contributed by atoms with Gasteiger partial charge in [-0.1, -0.05) is 19.8 Å². The molecule has 0 aromatic heterocycles. The van der Waals surface area contributed by atoms with E-state index in [-0.39, 0.29) is 11.3 Å². The second kappa shape index (κ2) is 8.31. The van der Waals surface area contributed by atoms with Gasteiger partial charge in [-0.2, -0.15) is 11.8 Å². The number of hydrogen-bond donors (Lipinski definition) is 0. The number of hydrogen-bond acceptors (Lipinski definition) is 2. The fourth-order valence-electron chi connectivity index (χ4n) is 2.69. The summed E-state index contributed by atoms with van der Waals surface area (Å²) in [4.78, 5) is 14.6. The molecule has 0 bridgehead atoms. The minimum absolute atomic E-state index is 0.131. The van der Waals surface area contributed by atoms with Crippen LogP contribution in [-0.2, 0) is 4.79 Å². The van der Waals surface area contributed by atoms with Gasteiger partial charge in [-0.25, -0.2) is 0 Å². The van der Waals surface area contributed by atoms with Crippen molar-refractivity contribution < 1.29 is 4.79 Å². The average molecular weight is 292 g/mol. The van der Waals surface area contributed by atoms with Crippen molar-refractivity contribution in [3.05, 3.63) is 0 Å². The molecular weight excluding hydrogens is 266 g/mol. The van der Waals surface area contributed by atoms with Crippen LogP contribution in [0.15, 0.2) is 0 Å². The Morgan fingerprint density at radius 2 is 2.11 bits per heavy atom. The number of nitrogens with zero attached hydrogens (tertiary/aromatic N) is 1. The van der Waals surface area contributed by atoms with Gasteiger partial charge in [0.2, 0.25) is 5.91 Å². The van der Waals surface area contributed by atoms with Crippen molar-refractivity contribution in [3.8, 4) is 0 Å². The molecule has 1 aliphatic heterocycles. The zero-order valence-electron chi connectivity index (χ0n) is 11.8. The molecule has 0 aromatic rings. The van der Waals surface area contributed by atoms with Gasteiger partial charge in [-0.3, -0.25) is 4.79 Å². The molecule has 0 aromatic carbocycles. The highest BCUT2D eigenvalue weighted by Gasteiger charge is 2.28. The summed E-state index contributed by atoms with van der Waals surface area (Å²) in [6.07, 6.45) is 7.73. The van der Waals surface area contributed by atoms with Gasteiger partial charge in [0.15, 0.2) is 0 Å². The van der Waals surface area contributed by atoms with Gasteiger partial charge in [0.1, 0.15) is 0 Å². The van der Waals surface area contributed by atoms with Crippen molar-refractivity contribution in [1.82, 2.24) is 4.90 Å². The normalized spacial score (nSPS) is 24.4. The molecule has 1 amide bonds. The van der Waals surface area contributed by atoms with E-state index in [4.69, 9.17) is 11.6 Å². The highest BCUT2D eigenvalue weighted by Crippen LogP contribution is 2.24. The second-order valence-electron chi connectivity index (χ2n) is 5.41. The Balaban J connectivity index is 2.68. The molecule has 0 saturated carbocycles. The van der Waals surface area contributed by atoms with E-state index in [0.717, 1.165) is 31.6 Å². The number of rotatable bonds is 5. The van der Waals surface area contributed by atoms with Crippen molar-refractivity contribution in [1.29, 1.82) is 0 Å². The number of likely N-dealkylation sites (tertiary alicyclic amines) is 1. The van der Waals surface area contributed by atoms with Gasteiger partial charge < -0.3 is 4.90 Å². The maximum atomic E-state index is 12.5. The summed E-state index contributed by atoms with van der Waals surface area (Å²) < 4.78 is 0. The fraction of sp³-hybridized carbons (Fsp3) is 0.929. The molecule has 2 nitrogen and oxygen atoms in total. The van der Waals surface area contributed by atoms with Crippen LogP contribution in [0.1, 0.15) is 46.0 Å². The summed E-state index contributed by atoms with van der Waals surface area (Å²) in [6.45, 7) is 5.00. The molecule has 1 fully saturated rings. The Morgan fingerprint density at radius 1 is 1.39 bits per heavy atom. The lowest BCUT2D eigenvalue weighted by Gasteiger charge is -2.33. The highest BCUT2D eigenvalue weighted by atomic mass is 35.5. The van der Waals surface area contributed by atoms with E-state index in [9.17, 15) is 4.79 Å². The van der Waals surface area contributed by atoms with Crippen LogP contribution in [-0.4, -0.2) is 40.8 Å². The van der Waals surface area contributed by atoms with Gasteiger partial charge >= 0.3 is 0 Å². The smallest absolute Gasteiger partial charge is 0.226 e. The van der Waals surface area contributed by atoms with E-state index in [1.807, 2.05) is 13.8 Å². The first-order valence-electron chi connectivity index (χ1n) is 6.99. The first kappa shape index (κ1) is 16.2. The molecule has 18 heavy (non-hydrogen) atoms. The molecule has 3 unspecified atom stereocenters. The Hall–Kier alpha value is 0.110. The molecule has 0 radical (unpaired) electrons. The van der Waals surface area contributed by atoms with Crippen LogP contribution in [0, 0.1) is 5.92 Å². The third-order valence-corrected chi connectivity index (χ3v) is 4.61. The van der Waals surface area contributed by atoms with E-state index < -0.39 is 0 Å². The van der Waals surface area contributed by atoms with Crippen LogP contribution in [0.2, 0.25) is 0 Å². The standard InChI is InChI=1S/C14H26ClNOS/c1-11(10-18-3)14(17)16-8-6-4-5-7-13(16)9-12(2)15/h11-13H,4-10H2,1-3H3. The summed E-state index contributed by atoms with van der Waals surface area (Å²) in [7, 11) is 0. The van der Waals surface area contributed by atoms with Crippen molar-refractivity contribution >= 4 is 29.3 Å². The molecule has 0 spiro atoms. The molecule has 1 aliphatic rings. The predicted molar refractivity (Wildman–Crippen MR) is 81.4 cm³/mol. The molecule has 106 valence electrons. The summed E-state index contributed by atoms with van der Waals surface area (Å²) in [5.41, 5.74) is 0. The minimum Gasteiger partial charge on any atom is -0.339 e. The van der Waals surface area contributed by atoms with Gasteiger partial charge in [0.05, 0.1) is 0 Å². The predicted octanol–water partition coefficient (Wildman–Crippen LogP) is 3.77. The van der Waals surface area contributed by atoms with Crippen molar-refractivity contribution in [2.45, 2.75) is 57.4 Å². The highest BCUT2D eigenvalue weighted by molar-refractivity contribution is 7.98. The third kappa shape index (κ3) is 5.00. The van der Waals surface area contributed by atoms with Gasteiger partial charge in [-0.15, -0.1) is 11.6 Å². The fourth-order valence-corrected chi connectivity index (χ4v) is 3.54. The Bertz CT molecular complexity index is 260. The molecule has 0 aliphatic carbocycles. The monoisotopic (exact) mass is 291 g/mol. The van der Waals surface area contributed by atoms with Gasteiger partial charge in [-0.05, 0) is 32.4 Å². The number of amides is 1. The first-order valence-corrected chi connectivity index (χ1v) is 8.82. The molecule has 1 saturated heterocycles. The van der Waals surface area contributed by atoms with Crippen LogP contribution in [0.5, 0.6) is 0 Å². The van der Waals surface area contributed by atoms with E-state index in [0.29, 0.717) is 11.9 Å². The van der Waals surface area contributed by atoms with Crippen molar-refractivity contribution in [2.24, 2.45) is 5.92 Å². The van der Waals surface area contributed by atoms with Crippen LogP contribution in [0.25, 0.3) is 0 Å². The van der Waals surface area contributed by atoms with Crippen LogP contribution >= 0.6 is 23.4 Å². The van der Waals surface area contributed by atoms with Crippen molar-refractivity contribution in [3.63, 3.8) is 0 Å². The average Bonchev–Trinajstić information content (AvgIpc) is 2.53. The Kier molecular flexibility index (Phi) is 7.47. The molecular formula is C14H26ClNOS. The van der Waals surface area contributed by atoms with E-state index >= 15 is 0 Å². The van der Waals surface area contributed by atoms with Gasteiger partial charge in [0.25, 0.3) is 0 Å². The number of carbonyl (C=O) groups is 1. The van der Waals surface area contributed by atoms with E-state index in [1.54, 1.807) is 11.8 Å². The molecule has 4 heteroatoms. The van der Waals surface area contributed by atoms with Crippen LogP contribution in [0.4, 0.5) is 0 Å². The lowest BCUT2D eigenvalue weighted by molar-refractivity contribution is -0.136. The molecule has 1 rings (SSSR count). The third-order valence-electron chi connectivity index (χ3n) is 3.60. The summed E-state index contributed by atoms with van der Waals surface area (Å²) in [6, 6.07) is 0.358. The second-order valence-corrected chi connectivity index (χ2v) is 7.06. The Morgan fingerprint density at radius 3 is 2.72 bits per heavy atom. The lowest BCUT2D eigenvalue weighted by atomic mass is 10.0. The molecule has 1 heterocycles. The Labute approximate surface area is 121 Å². The van der Waals surface area contributed by atoms with E-state index in [1.165, 1.54) is 12.8 Å². The maximum Gasteiger partial charge on any atom is 0.226 e.